The van der Waals surface area contributed by atoms with Gasteiger partial charge in [-0.25, -0.2) is 0 Å². The highest BCUT2D eigenvalue weighted by atomic mass is 19.4. The van der Waals surface area contributed by atoms with Gasteiger partial charge < -0.3 is 10.2 Å². The van der Waals surface area contributed by atoms with Crippen LogP contribution < -0.4 is 0 Å². The van der Waals surface area contributed by atoms with E-state index in [2.05, 4.69) is 6.92 Å². The maximum absolute atomic E-state index is 13.2. The van der Waals surface area contributed by atoms with E-state index < -0.39 is 51.5 Å². The number of hydrogen-bond acceptors (Lipinski definition) is 2. The number of phenols is 2. The molecule has 0 bridgehead atoms. The molecule has 172 valence electrons. The van der Waals surface area contributed by atoms with Gasteiger partial charge in [0, 0.05) is 0 Å². The number of benzene rings is 2. The third-order valence-electron chi connectivity index (χ3n) is 5.41. The topological polar surface area (TPSA) is 40.5 Å². The van der Waals surface area contributed by atoms with Gasteiger partial charge in [0.2, 0.25) is 0 Å². The molecule has 2 nitrogen and oxygen atoms in total. The predicted molar refractivity (Wildman–Crippen MR) is 107 cm³/mol. The minimum absolute atomic E-state index is 0.00533. The van der Waals surface area contributed by atoms with Crippen molar-refractivity contribution < 1.29 is 36.6 Å². The normalized spacial score (nSPS) is 12.9. The first-order chi connectivity index (χ1) is 14.2. The quantitative estimate of drug-likeness (QED) is 0.332. The van der Waals surface area contributed by atoms with Crippen LogP contribution in [0.3, 0.4) is 0 Å². The highest BCUT2D eigenvalue weighted by molar-refractivity contribution is 5.78. The molecule has 2 aromatic carbocycles. The van der Waals surface area contributed by atoms with Crippen molar-refractivity contribution in [2.45, 2.75) is 70.6 Å². The minimum Gasteiger partial charge on any atom is -0.507 e. The van der Waals surface area contributed by atoms with Crippen molar-refractivity contribution in [3.8, 4) is 22.6 Å². The van der Waals surface area contributed by atoms with Gasteiger partial charge >= 0.3 is 12.4 Å². The van der Waals surface area contributed by atoms with Gasteiger partial charge in [0.1, 0.15) is 11.5 Å². The first-order valence-corrected chi connectivity index (χ1v) is 10.0. The zero-order chi connectivity index (χ0) is 23.6. The Kier molecular flexibility index (Phi) is 7.23. The van der Waals surface area contributed by atoms with Crippen molar-refractivity contribution in [2.75, 3.05) is 0 Å². The van der Waals surface area contributed by atoms with Gasteiger partial charge in [-0.15, -0.1) is 0 Å². The fraction of sp³-hybridized carbons (Fsp3) is 0.478. The third kappa shape index (κ3) is 6.08. The van der Waals surface area contributed by atoms with E-state index in [1.54, 1.807) is 0 Å². The summed E-state index contributed by atoms with van der Waals surface area (Å²) in [7, 11) is 0. The zero-order valence-electron chi connectivity index (χ0n) is 17.6. The van der Waals surface area contributed by atoms with Crippen molar-refractivity contribution in [1.82, 2.24) is 0 Å². The van der Waals surface area contributed by atoms with Crippen molar-refractivity contribution in [2.24, 2.45) is 0 Å². The monoisotopic (exact) mass is 448 g/mol. The van der Waals surface area contributed by atoms with Crippen molar-refractivity contribution in [1.29, 1.82) is 0 Å². The number of phenolic OH excluding ortho intramolecular Hbond substituents is 2. The molecule has 2 rings (SSSR count). The van der Waals surface area contributed by atoms with Crippen LogP contribution in [-0.2, 0) is 17.8 Å². The van der Waals surface area contributed by atoms with Gasteiger partial charge in [-0.2, -0.15) is 26.3 Å². The number of hydrogen-bond donors (Lipinski definition) is 2. The number of unbranched alkanes of at least 4 members (excludes halogenated alkanes) is 3. The Bertz CT molecular complexity index is 858. The summed E-state index contributed by atoms with van der Waals surface area (Å²) < 4.78 is 78.9. The summed E-state index contributed by atoms with van der Waals surface area (Å²) in [4.78, 5) is 0. The molecule has 0 saturated heterocycles. The molecule has 0 aliphatic rings. The molecule has 0 unspecified atom stereocenters. The van der Waals surface area contributed by atoms with E-state index in [-0.39, 0.29) is 6.07 Å². The van der Waals surface area contributed by atoms with Crippen molar-refractivity contribution >= 4 is 0 Å². The second kappa shape index (κ2) is 9.01. The molecule has 2 aromatic rings. The first kappa shape index (κ1) is 24.9. The van der Waals surface area contributed by atoms with Crippen LogP contribution in [0.2, 0.25) is 0 Å². The van der Waals surface area contributed by atoms with Gasteiger partial charge in [0.25, 0.3) is 0 Å². The highest BCUT2D eigenvalue weighted by Gasteiger charge is 2.37. The average molecular weight is 448 g/mol. The predicted octanol–water partition coefficient (Wildman–Crippen LogP) is 8.05. The lowest BCUT2D eigenvalue weighted by molar-refractivity contribution is -0.143. The fourth-order valence-corrected chi connectivity index (χ4v) is 3.54. The van der Waals surface area contributed by atoms with E-state index in [0.29, 0.717) is 17.7 Å². The third-order valence-corrected chi connectivity index (χ3v) is 5.41. The van der Waals surface area contributed by atoms with E-state index in [1.165, 1.54) is 12.1 Å². The summed E-state index contributed by atoms with van der Waals surface area (Å²) in [6.45, 7) is 5.88. The van der Waals surface area contributed by atoms with Crippen molar-refractivity contribution in [3.63, 3.8) is 0 Å². The molecule has 0 amide bonds. The summed E-state index contributed by atoms with van der Waals surface area (Å²) in [5.41, 5.74) is -3.98. The van der Waals surface area contributed by atoms with E-state index in [9.17, 15) is 36.6 Å². The fourth-order valence-electron chi connectivity index (χ4n) is 3.54. The van der Waals surface area contributed by atoms with Crippen LogP contribution in [0.1, 0.15) is 69.6 Å². The molecule has 0 aliphatic carbocycles. The molecule has 8 heteroatoms. The van der Waals surface area contributed by atoms with E-state index >= 15 is 0 Å². The van der Waals surface area contributed by atoms with Crippen LogP contribution in [0, 0.1) is 0 Å². The molecular weight excluding hydrogens is 422 g/mol. The van der Waals surface area contributed by atoms with Crippen LogP contribution >= 0.6 is 0 Å². The molecule has 0 saturated carbocycles. The second-order valence-corrected chi connectivity index (χ2v) is 8.38. The van der Waals surface area contributed by atoms with Crippen LogP contribution in [0.15, 0.2) is 30.3 Å². The molecule has 0 aliphatic heterocycles. The molecule has 0 atom stereocenters. The van der Waals surface area contributed by atoms with Crippen LogP contribution in [0.4, 0.5) is 26.3 Å². The maximum atomic E-state index is 13.2. The van der Waals surface area contributed by atoms with Gasteiger partial charge in [-0.3, -0.25) is 0 Å². The van der Waals surface area contributed by atoms with Crippen LogP contribution in [0.25, 0.3) is 11.1 Å². The SMILES string of the molecule is CCCCCCC(C)(C)c1cc(O)c(-c2cc(C(F)(F)F)cc(C(F)(F)F)c2)c(O)c1. The van der Waals surface area contributed by atoms with Crippen molar-refractivity contribution in [3.05, 3.63) is 47.0 Å². The molecule has 0 fully saturated rings. The summed E-state index contributed by atoms with van der Waals surface area (Å²) >= 11 is 0. The number of aromatic hydroxyl groups is 2. The van der Waals surface area contributed by atoms with Gasteiger partial charge in [0.05, 0.1) is 16.7 Å². The second-order valence-electron chi connectivity index (χ2n) is 8.38. The average Bonchev–Trinajstić information content (AvgIpc) is 2.63. The summed E-state index contributed by atoms with van der Waals surface area (Å²) in [6.07, 6.45) is -5.25. The molecule has 2 N–H and O–H groups in total. The highest BCUT2D eigenvalue weighted by Crippen LogP contribution is 2.45. The molecule has 0 heterocycles. The molecule has 0 spiro atoms. The van der Waals surface area contributed by atoms with Crippen LogP contribution in [-0.4, -0.2) is 10.2 Å². The van der Waals surface area contributed by atoms with E-state index in [1.807, 2.05) is 13.8 Å². The number of alkyl halides is 6. The number of rotatable bonds is 7. The van der Waals surface area contributed by atoms with E-state index in [4.69, 9.17) is 0 Å². The van der Waals surface area contributed by atoms with Crippen LogP contribution in [0.5, 0.6) is 11.5 Å². The standard InChI is InChI=1S/C23H26F6O2/c1-4-5-6-7-8-21(2,3)15-12-18(30)20(19(31)13-15)14-9-16(22(24,25)26)11-17(10-14)23(27,28)29/h9-13,30-31H,4-8H2,1-3H3. The summed E-state index contributed by atoms with van der Waals surface area (Å²) in [6, 6.07) is 3.56. The Labute approximate surface area is 177 Å². The van der Waals surface area contributed by atoms with E-state index in [0.717, 1.165) is 32.1 Å². The molecular formula is C23H26F6O2. The minimum atomic E-state index is -5.03. The van der Waals surface area contributed by atoms with Gasteiger partial charge in [0.15, 0.2) is 0 Å². The first-order valence-electron chi connectivity index (χ1n) is 10.0. The van der Waals surface area contributed by atoms with Gasteiger partial charge in [-0.05, 0) is 53.3 Å². The Morgan fingerprint density at radius 1 is 0.677 bits per heavy atom. The molecule has 0 radical (unpaired) electrons. The Balaban J connectivity index is 2.53. The van der Waals surface area contributed by atoms with Gasteiger partial charge in [-0.1, -0.05) is 46.5 Å². The Morgan fingerprint density at radius 3 is 1.58 bits per heavy atom. The smallest absolute Gasteiger partial charge is 0.416 e. The molecule has 31 heavy (non-hydrogen) atoms. The maximum Gasteiger partial charge on any atom is 0.416 e. The largest absolute Gasteiger partial charge is 0.507 e. The number of halogens is 6. The lowest BCUT2D eigenvalue weighted by atomic mass is 9.79. The zero-order valence-corrected chi connectivity index (χ0v) is 17.6. The Morgan fingerprint density at radius 2 is 1.16 bits per heavy atom. The summed E-state index contributed by atoms with van der Waals surface area (Å²) in [5, 5.41) is 20.9. The summed E-state index contributed by atoms with van der Waals surface area (Å²) in [5.74, 6) is -1.16. The lowest BCUT2D eigenvalue weighted by Crippen LogP contribution is -2.17. The Hall–Kier alpha value is -2.38. The molecule has 0 aromatic heterocycles. The lowest BCUT2D eigenvalue weighted by Gasteiger charge is -2.26.